The van der Waals surface area contributed by atoms with E-state index < -0.39 is 0 Å². The summed E-state index contributed by atoms with van der Waals surface area (Å²) in [4.78, 5) is 34.5. The molecule has 3 aromatic rings. The van der Waals surface area contributed by atoms with Crippen molar-refractivity contribution in [3.63, 3.8) is 0 Å². The number of benzene rings is 1. The smallest absolute Gasteiger partial charge is 0.253 e. The first kappa shape index (κ1) is 21.4. The third kappa shape index (κ3) is 4.30. The monoisotopic (exact) mass is 438 g/mol. The summed E-state index contributed by atoms with van der Waals surface area (Å²) in [5.41, 5.74) is 3.02. The van der Waals surface area contributed by atoms with Crippen LogP contribution in [0, 0.1) is 5.92 Å². The van der Waals surface area contributed by atoms with Gasteiger partial charge in [-0.25, -0.2) is 4.98 Å². The van der Waals surface area contributed by atoms with E-state index >= 15 is 0 Å². The molecule has 0 radical (unpaired) electrons. The molecule has 2 aromatic heterocycles. The Labute approximate surface area is 186 Å². The van der Waals surface area contributed by atoms with Crippen molar-refractivity contribution in [3.05, 3.63) is 63.0 Å². The number of nitrogens with zero attached hydrogens (tertiary/aromatic N) is 2. The predicted molar refractivity (Wildman–Crippen MR) is 126 cm³/mol. The number of carbonyl (C=O) groups is 1. The summed E-state index contributed by atoms with van der Waals surface area (Å²) in [6.45, 7) is 6.25. The van der Waals surface area contributed by atoms with Gasteiger partial charge in [0.2, 0.25) is 5.91 Å². The topological polar surface area (TPSA) is 78.1 Å². The highest BCUT2D eigenvalue weighted by atomic mass is 35.5. The second kappa shape index (κ2) is 8.35. The summed E-state index contributed by atoms with van der Waals surface area (Å²) in [7, 11) is 1.80. The van der Waals surface area contributed by atoms with E-state index in [0.717, 1.165) is 28.7 Å². The Morgan fingerprint density at radius 1 is 1.19 bits per heavy atom. The van der Waals surface area contributed by atoms with Gasteiger partial charge < -0.3 is 15.2 Å². The van der Waals surface area contributed by atoms with Gasteiger partial charge in [0.15, 0.2) is 0 Å². The van der Waals surface area contributed by atoms with E-state index in [2.05, 4.69) is 24.1 Å². The molecule has 6 nitrogen and oxygen atoms in total. The molecule has 3 heterocycles. The SMILES string of the molecule is CC(C)C[C@@H]1CC(=O)N(C)c2ccc(N[C@@H](C)c3cc4cc(Cl)ccc4[nH]c3=O)nc21. The van der Waals surface area contributed by atoms with E-state index in [9.17, 15) is 9.59 Å². The Hall–Kier alpha value is -2.86. The number of aromatic amines is 1. The van der Waals surface area contributed by atoms with Gasteiger partial charge in [-0.3, -0.25) is 9.59 Å². The number of pyridine rings is 2. The van der Waals surface area contributed by atoms with E-state index in [0.29, 0.717) is 28.7 Å². The third-order valence-corrected chi connectivity index (χ3v) is 6.10. The number of halogens is 1. The van der Waals surface area contributed by atoms with Gasteiger partial charge in [-0.15, -0.1) is 0 Å². The molecule has 0 spiro atoms. The first-order chi connectivity index (χ1) is 14.7. The van der Waals surface area contributed by atoms with Gasteiger partial charge in [-0.1, -0.05) is 25.4 Å². The highest BCUT2D eigenvalue weighted by molar-refractivity contribution is 6.31. The Balaban J connectivity index is 1.65. The first-order valence-corrected chi connectivity index (χ1v) is 11.0. The first-order valence-electron chi connectivity index (χ1n) is 10.6. The molecule has 1 aliphatic heterocycles. The van der Waals surface area contributed by atoms with Crippen molar-refractivity contribution >= 4 is 39.9 Å². The van der Waals surface area contributed by atoms with E-state index in [4.69, 9.17) is 16.6 Å². The molecule has 0 fully saturated rings. The molecule has 0 bridgehead atoms. The number of hydrogen-bond donors (Lipinski definition) is 2. The highest BCUT2D eigenvalue weighted by Gasteiger charge is 2.31. The van der Waals surface area contributed by atoms with Crippen molar-refractivity contribution < 1.29 is 4.79 Å². The van der Waals surface area contributed by atoms with Crippen LogP contribution in [0.25, 0.3) is 10.9 Å². The fourth-order valence-electron chi connectivity index (χ4n) is 4.29. The molecule has 1 aliphatic rings. The summed E-state index contributed by atoms with van der Waals surface area (Å²) in [5, 5.41) is 4.86. The minimum Gasteiger partial charge on any atom is -0.363 e. The maximum atomic E-state index is 12.6. The van der Waals surface area contributed by atoms with Crippen molar-refractivity contribution in [2.45, 2.75) is 45.6 Å². The van der Waals surface area contributed by atoms with Gasteiger partial charge >= 0.3 is 0 Å². The Kier molecular flexibility index (Phi) is 5.75. The second-order valence-electron chi connectivity index (χ2n) is 8.74. The molecule has 0 saturated carbocycles. The molecule has 1 amide bonds. The van der Waals surface area contributed by atoms with E-state index in [1.54, 1.807) is 24.1 Å². The molecule has 0 saturated heterocycles. The van der Waals surface area contributed by atoms with Crippen molar-refractivity contribution in [2.75, 3.05) is 17.3 Å². The molecule has 2 atom stereocenters. The van der Waals surface area contributed by atoms with Crippen LogP contribution in [0.1, 0.15) is 56.8 Å². The molecule has 31 heavy (non-hydrogen) atoms. The molecule has 0 aliphatic carbocycles. The van der Waals surface area contributed by atoms with Crippen molar-refractivity contribution in [1.82, 2.24) is 9.97 Å². The number of nitrogens with one attached hydrogen (secondary N) is 2. The largest absolute Gasteiger partial charge is 0.363 e. The number of anilines is 2. The minimum absolute atomic E-state index is 0.0990. The lowest BCUT2D eigenvalue weighted by molar-refractivity contribution is -0.119. The van der Waals surface area contributed by atoms with Gasteiger partial charge in [0.25, 0.3) is 5.56 Å². The summed E-state index contributed by atoms with van der Waals surface area (Å²) < 4.78 is 0. The molecule has 4 rings (SSSR count). The van der Waals surface area contributed by atoms with Crippen molar-refractivity contribution in [2.24, 2.45) is 5.92 Å². The van der Waals surface area contributed by atoms with Crippen LogP contribution < -0.4 is 15.8 Å². The van der Waals surface area contributed by atoms with Crippen LogP contribution >= 0.6 is 11.6 Å². The van der Waals surface area contributed by atoms with E-state index in [-0.39, 0.29) is 23.4 Å². The molecular weight excluding hydrogens is 412 g/mol. The molecular formula is C24H27ClN4O2. The van der Waals surface area contributed by atoms with Gasteiger partial charge in [0.1, 0.15) is 5.82 Å². The predicted octanol–water partition coefficient (Wildman–Crippen LogP) is 5.25. The molecule has 7 heteroatoms. The van der Waals surface area contributed by atoms with Crippen molar-refractivity contribution in [1.29, 1.82) is 0 Å². The maximum Gasteiger partial charge on any atom is 0.253 e. The summed E-state index contributed by atoms with van der Waals surface area (Å²) >= 11 is 6.11. The summed E-state index contributed by atoms with van der Waals surface area (Å²) in [6, 6.07) is 10.8. The summed E-state index contributed by atoms with van der Waals surface area (Å²) in [5.74, 6) is 1.38. The van der Waals surface area contributed by atoms with Gasteiger partial charge in [-0.2, -0.15) is 0 Å². The number of H-pyrrole nitrogens is 1. The number of carbonyl (C=O) groups excluding carboxylic acids is 1. The van der Waals surface area contributed by atoms with Crippen LogP contribution in [0.4, 0.5) is 11.5 Å². The fraction of sp³-hybridized carbons (Fsp3) is 0.375. The average Bonchev–Trinajstić information content (AvgIpc) is 2.71. The third-order valence-electron chi connectivity index (χ3n) is 5.87. The lowest BCUT2D eigenvalue weighted by atomic mass is 9.87. The summed E-state index contributed by atoms with van der Waals surface area (Å²) in [6.07, 6.45) is 1.38. The molecule has 1 aromatic carbocycles. The Bertz CT molecular complexity index is 1200. The van der Waals surface area contributed by atoms with Gasteiger partial charge in [0, 0.05) is 40.9 Å². The number of rotatable bonds is 5. The van der Waals surface area contributed by atoms with Crippen LogP contribution in [0.3, 0.4) is 0 Å². The van der Waals surface area contributed by atoms with Crippen LogP contribution in [0.2, 0.25) is 5.02 Å². The number of aromatic nitrogens is 2. The van der Waals surface area contributed by atoms with Gasteiger partial charge in [0.05, 0.1) is 17.4 Å². The van der Waals surface area contributed by atoms with Gasteiger partial charge in [-0.05, 0) is 55.7 Å². The average molecular weight is 439 g/mol. The number of fused-ring (bicyclic) bond motifs is 2. The lowest BCUT2D eigenvalue weighted by Crippen LogP contribution is -2.34. The Morgan fingerprint density at radius 3 is 2.71 bits per heavy atom. The van der Waals surface area contributed by atoms with Crippen LogP contribution in [0.15, 0.2) is 41.2 Å². The zero-order valence-corrected chi connectivity index (χ0v) is 19.0. The Morgan fingerprint density at radius 2 is 1.97 bits per heavy atom. The van der Waals surface area contributed by atoms with E-state index in [1.165, 1.54) is 0 Å². The lowest BCUT2D eigenvalue weighted by Gasteiger charge is -2.32. The second-order valence-corrected chi connectivity index (χ2v) is 9.17. The van der Waals surface area contributed by atoms with Crippen molar-refractivity contribution in [3.8, 4) is 0 Å². The number of amides is 1. The molecule has 162 valence electrons. The standard InChI is InChI=1S/C24H27ClN4O2/c1-13(2)9-16-12-22(30)29(4)20-7-8-21(28-23(16)20)26-14(3)18-11-15-10-17(25)5-6-19(15)27-24(18)31/h5-8,10-11,13-14,16H,9,12H2,1-4H3,(H,26,28)(H,27,31)/t14-,16+/m0/s1. The molecule has 2 N–H and O–H groups in total. The fourth-order valence-corrected chi connectivity index (χ4v) is 4.47. The quantitative estimate of drug-likeness (QED) is 0.570. The van der Waals surface area contributed by atoms with Crippen LogP contribution in [-0.4, -0.2) is 22.9 Å². The zero-order chi connectivity index (χ0) is 22.3. The maximum absolute atomic E-state index is 12.6. The van der Waals surface area contributed by atoms with Crippen LogP contribution in [0.5, 0.6) is 0 Å². The highest BCUT2D eigenvalue weighted by Crippen LogP contribution is 2.38. The molecule has 0 unspecified atom stereocenters. The number of hydrogen-bond acceptors (Lipinski definition) is 4. The van der Waals surface area contributed by atoms with E-state index in [1.807, 2.05) is 31.2 Å². The van der Waals surface area contributed by atoms with Crippen LogP contribution in [-0.2, 0) is 4.79 Å². The normalized spacial score (nSPS) is 17.2. The minimum atomic E-state index is -0.260. The zero-order valence-electron chi connectivity index (χ0n) is 18.2.